The molecular weight excluding hydrogens is 243 g/mol. The van der Waals surface area contributed by atoms with Crippen LogP contribution in [-0.2, 0) is 4.74 Å². The fourth-order valence-corrected chi connectivity index (χ4v) is 1.80. The monoisotopic (exact) mass is 252 g/mol. The van der Waals surface area contributed by atoms with Gasteiger partial charge in [0.1, 0.15) is 24.1 Å². The molecule has 0 saturated carbocycles. The fourth-order valence-electron chi connectivity index (χ4n) is 1.80. The molecule has 0 radical (unpaired) electrons. The molecule has 0 spiro atoms. The van der Waals surface area contributed by atoms with Crippen LogP contribution in [0.2, 0.25) is 0 Å². The minimum absolute atomic E-state index is 0.112. The number of H-pyrrole nitrogens is 1. The van der Waals surface area contributed by atoms with E-state index in [0.29, 0.717) is 11.2 Å². The number of hydrogen-bond acceptors (Lipinski definition) is 6. The van der Waals surface area contributed by atoms with Crippen LogP contribution in [0.1, 0.15) is 11.9 Å². The molecule has 0 aromatic carbocycles. The third kappa shape index (κ3) is 1.54. The van der Waals surface area contributed by atoms with Crippen molar-refractivity contribution in [3.05, 3.63) is 30.4 Å². The zero-order chi connectivity index (χ0) is 12.7. The Morgan fingerprint density at radius 2 is 2.22 bits per heavy atom. The van der Waals surface area contributed by atoms with Crippen molar-refractivity contribution in [3.63, 3.8) is 0 Å². The topological polar surface area (TPSA) is 104 Å². The lowest BCUT2D eigenvalue weighted by atomic mass is 10.1. The number of ether oxygens (including phenoxy) is 1. The highest BCUT2D eigenvalue weighted by Gasteiger charge is 2.42. The summed E-state index contributed by atoms with van der Waals surface area (Å²) >= 11 is 0. The summed E-state index contributed by atoms with van der Waals surface area (Å²) in [7, 11) is 0. The molecule has 0 aliphatic carbocycles. The predicted octanol–water partition coefficient (Wildman–Crippen LogP) is -0.0431. The third-order valence-corrected chi connectivity index (χ3v) is 2.74. The summed E-state index contributed by atoms with van der Waals surface area (Å²) in [6.07, 6.45) is -0.702. The van der Waals surface area contributed by atoms with Gasteiger partial charge in [-0.15, -0.1) is 0 Å². The van der Waals surface area contributed by atoms with Gasteiger partial charge in [-0.05, 0) is 0 Å². The summed E-state index contributed by atoms with van der Waals surface area (Å²) < 4.78 is 17.5. The van der Waals surface area contributed by atoms with E-state index < -0.39 is 18.3 Å². The Bertz CT molecular complexity index is 614. The van der Waals surface area contributed by atoms with E-state index in [4.69, 9.17) is 4.74 Å². The van der Waals surface area contributed by atoms with E-state index in [0.717, 1.165) is 0 Å². The molecule has 0 unspecified atom stereocenters. The maximum Gasteiger partial charge on any atom is 0.186 e. The molecular formula is C10H9FN4O3. The number of nitrogens with zero attached hydrogens (tertiary/aromatic N) is 3. The van der Waals surface area contributed by atoms with Crippen LogP contribution in [0, 0.1) is 0 Å². The normalized spacial score (nSPS) is 29.9. The molecule has 2 aromatic rings. The first kappa shape index (κ1) is 11.1. The molecule has 3 heterocycles. The number of fused-ring (bicyclic) bond motifs is 1. The number of hydrogen-bond donors (Lipinski definition) is 3. The van der Waals surface area contributed by atoms with Crippen molar-refractivity contribution in [1.82, 2.24) is 19.9 Å². The van der Waals surface area contributed by atoms with Gasteiger partial charge in [0.25, 0.3) is 0 Å². The summed E-state index contributed by atoms with van der Waals surface area (Å²) in [5, 5.41) is 19.2. The highest BCUT2D eigenvalue weighted by Crippen LogP contribution is 2.34. The van der Waals surface area contributed by atoms with E-state index in [9.17, 15) is 14.6 Å². The smallest absolute Gasteiger partial charge is 0.186 e. The van der Waals surface area contributed by atoms with Crippen molar-refractivity contribution in [2.75, 3.05) is 0 Å². The van der Waals surface area contributed by atoms with Gasteiger partial charge in [0.05, 0.1) is 12.5 Å². The standard InChI is InChI=1S/C10H9FN4O3/c11-1-5-6(16)7(17)8(18-5)10-12-2-4-9(15-10)14-3-13-4/h1-3,6-8,16-17H,(H,12,13,14,15)/t6-,7-,8-/m1/s1. The van der Waals surface area contributed by atoms with Crippen LogP contribution in [0.25, 0.3) is 11.2 Å². The van der Waals surface area contributed by atoms with E-state index in [1.54, 1.807) is 0 Å². The summed E-state index contributed by atoms with van der Waals surface area (Å²) in [6, 6.07) is 0. The van der Waals surface area contributed by atoms with Crippen LogP contribution in [0.5, 0.6) is 0 Å². The summed E-state index contributed by atoms with van der Waals surface area (Å²) in [5.41, 5.74) is 1.04. The van der Waals surface area contributed by atoms with Crippen molar-refractivity contribution in [2.45, 2.75) is 18.3 Å². The summed E-state index contributed by atoms with van der Waals surface area (Å²) in [5.74, 6) is -0.198. The van der Waals surface area contributed by atoms with E-state index in [2.05, 4.69) is 19.9 Å². The second-order valence-electron chi connectivity index (χ2n) is 3.85. The number of halogens is 1. The van der Waals surface area contributed by atoms with Crippen molar-refractivity contribution >= 4 is 11.2 Å². The molecule has 2 aromatic heterocycles. The minimum atomic E-state index is -1.42. The van der Waals surface area contributed by atoms with Crippen LogP contribution in [-0.4, -0.2) is 42.4 Å². The van der Waals surface area contributed by atoms with Crippen LogP contribution in [0.15, 0.2) is 24.6 Å². The number of rotatable bonds is 1. The van der Waals surface area contributed by atoms with Gasteiger partial charge < -0.3 is 19.9 Å². The molecule has 7 nitrogen and oxygen atoms in total. The Morgan fingerprint density at radius 1 is 1.39 bits per heavy atom. The average molecular weight is 252 g/mol. The van der Waals surface area contributed by atoms with Crippen molar-refractivity contribution in [2.24, 2.45) is 0 Å². The van der Waals surface area contributed by atoms with Crippen molar-refractivity contribution < 1.29 is 19.3 Å². The highest BCUT2D eigenvalue weighted by molar-refractivity contribution is 5.68. The molecule has 18 heavy (non-hydrogen) atoms. The first-order chi connectivity index (χ1) is 8.70. The second kappa shape index (κ2) is 4.00. The molecule has 8 heteroatoms. The van der Waals surface area contributed by atoms with Gasteiger partial charge in [-0.25, -0.2) is 19.3 Å². The quantitative estimate of drug-likeness (QED) is 0.657. The van der Waals surface area contributed by atoms with Crippen LogP contribution >= 0.6 is 0 Å². The number of aliphatic hydroxyl groups excluding tert-OH is 2. The number of aromatic nitrogens is 4. The van der Waals surface area contributed by atoms with Crippen LogP contribution < -0.4 is 0 Å². The van der Waals surface area contributed by atoms with Crippen molar-refractivity contribution in [3.8, 4) is 0 Å². The zero-order valence-electron chi connectivity index (χ0n) is 8.99. The van der Waals surface area contributed by atoms with Gasteiger partial charge in [-0.1, -0.05) is 0 Å². The van der Waals surface area contributed by atoms with Gasteiger partial charge in [0.2, 0.25) is 0 Å². The third-order valence-electron chi connectivity index (χ3n) is 2.74. The van der Waals surface area contributed by atoms with Gasteiger partial charge >= 0.3 is 0 Å². The lowest BCUT2D eigenvalue weighted by Gasteiger charge is -2.11. The number of imidazole rings is 1. The van der Waals surface area contributed by atoms with Gasteiger partial charge in [-0.3, -0.25) is 0 Å². The van der Waals surface area contributed by atoms with E-state index >= 15 is 0 Å². The Morgan fingerprint density at radius 3 is 2.94 bits per heavy atom. The fraction of sp³-hybridized carbons (Fsp3) is 0.300. The molecule has 1 fully saturated rings. The largest absolute Gasteiger partial charge is 0.479 e. The highest BCUT2D eigenvalue weighted by atomic mass is 19.1. The zero-order valence-corrected chi connectivity index (χ0v) is 8.99. The van der Waals surface area contributed by atoms with Crippen molar-refractivity contribution in [1.29, 1.82) is 0 Å². The molecule has 1 aliphatic rings. The molecule has 3 N–H and O–H groups in total. The Kier molecular flexibility index (Phi) is 2.46. The minimum Gasteiger partial charge on any atom is -0.479 e. The van der Waals surface area contributed by atoms with Gasteiger partial charge in [0.15, 0.2) is 23.3 Å². The first-order valence-corrected chi connectivity index (χ1v) is 5.20. The van der Waals surface area contributed by atoms with Crippen LogP contribution in [0.4, 0.5) is 4.39 Å². The molecule has 3 rings (SSSR count). The lowest BCUT2D eigenvalue weighted by molar-refractivity contribution is 0.0193. The average Bonchev–Trinajstić information content (AvgIpc) is 2.95. The molecule has 3 atom stereocenters. The summed E-state index contributed by atoms with van der Waals surface area (Å²) in [6.45, 7) is 0. The SMILES string of the molecule is O[C@@H]1[C@H](O)C(=CF)O[C@H]1c1ncc2[nH]cnc2n1. The maximum atomic E-state index is 12.4. The van der Waals surface area contributed by atoms with Crippen LogP contribution in [0.3, 0.4) is 0 Å². The number of aromatic amines is 1. The summed E-state index contributed by atoms with van der Waals surface area (Å²) in [4.78, 5) is 14.8. The van der Waals surface area contributed by atoms with E-state index in [1.165, 1.54) is 12.5 Å². The molecule has 1 saturated heterocycles. The second-order valence-corrected chi connectivity index (χ2v) is 3.85. The van der Waals surface area contributed by atoms with E-state index in [-0.39, 0.29) is 17.9 Å². The Balaban J connectivity index is 1.99. The predicted molar refractivity (Wildman–Crippen MR) is 56.7 cm³/mol. The van der Waals surface area contributed by atoms with Gasteiger partial charge in [0, 0.05) is 0 Å². The first-order valence-electron chi connectivity index (χ1n) is 5.20. The molecule has 1 aliphatic heterocycles. The Hall–Kier alpha value is -2.06. The van der Waals surface area contributed by atoms with Gasteiger partial charge in [-0.2, -0.15) is 0 Å². The molecule has 94 valence electrons. The maximum absolute atomic E-state index is 12.4. The Labute approximate surface area is 100.0 Å². The lowest BCUT2D eigenvalue weighted by Crippen LogP contribution is -2.25. The number of nitrogens with one attached hydrogen (secondary N) is 1. The molecule has 0 bridgehead atoms. The molecule has 0 amide bonds. The van der Waals surface area contributed by atoms with E-state index in [1.807, 2.05) is 0 Å². The number of aliphatic hydroxyl groups is 2.